The van der Waals surface area contributed by atoms with Crippen LogP contribution in [0, 0.1) is 13.8 Å². The molecule has 0 aromatic heterocycles. The van der Waals surface area contributed by atoms with Crippen molar-refractivity contribution in [2.45, 2.75) is 20.8 Å². The highest BCUT2D eigenvalue weighted by Crippen LogP contribution is 2.18. The molecular formula is C17H18O2. The molecule has 0 bridgehead atoms. The number of hydrogen-bond donors (Lipinski definition) is 0. The predicted octanol–water partition coefficient (Wildman–Crippen LogP) is 3.93. The van der Waals surface area contributed by atoms with Crippen molar-refractivity contribution < 1.29 is 9.53 Å². The maximum absolute atomic E-state index is 12.5. The number of benzene rings is 2. The van der Waals surface area contributed by atoms with Crippen LogP contribution in [0.25, 0.3) is 0 Å². The summed E-state index contributed by atoms with van der Waals surface area (Å²) < 4.78 is 5.43. The standard InChI is InChI=1S/C17H18O2/c1-4-19-16-7-5-6-14(11-16)17(18)15-9-12(2)8-13(3)10-15/h5-11H,4H2,1-3H3. The maximum Gasteiger partial charge on any atom is 0.193 e. The smallest absolute Gasteiger partial charge is 0.193 e. The third-order valence-corrected chi connectivity index (χ3v) is 2.89. The summed E-state index contributed by atoms with van der Waals surface area (Å²) in [4.78, 5) is 12.5. The Kier molecular flexibility index (Phi) is 4.00. The molecule has 0 amide bonds. The average molecular weight is 254 g/mol. The second-order valence-electron chi connectivity index (χ2n) is 4.67. The molecule has 2 rings (SSSR count). The Morgan fingerprint density at radius 1 is 1.00 bits per heavy atom. The SMILES string of the molecule is CCOc1cccc(C(=O)c2cc(C)cc(C)c2)c1. The molecule has 0 spiro atoms. The number of rotatable bonds is 4. The Labute approximate surface area is 114 Å². The monoisotopic (exact) mass is 254 g/mol. The Bertz CT molecular complexity index is 580. The van der Waals surface area contributed by atoms with E-state index in [9.17, 15) is 4.79 Å². The van der Waals surface area contributed by atoms with Crippen LogP contribution in [0.2, 0.25) is 0 Å². The highest BCUT2D eigenvalue weighted by molar-refractivity contribution is 6.09. The Morgan fingerprint density at radius 3 is 2.32 bits per heavy atom. The lowest BCUT2D eigenvalue weighted by atomic mass is 9.99. The zero-order valence-corrected chi connectivity index (χ0v) is 11.6. The summed E-state index contributed by atoms with van der Waals surface area (Å²) in [6.45, 7) is 6.53. The highest BCUT2D eigenvalue weighted by atomic mass is 16.5. The Morgan fingerprint density at radius 2 is 1.68 bits per heavy atom. The number of carbonyl (C=O) groups excluding carboxylic acids is 1. The average Bonchev–Trinajstić information content (AvgIpc) is 2.37. The van der Waals surface area contributed by atoms with E-state index in [-0.39, 0.29) is 5.78 Å². The lowest BCUT2D eigenvalue weighted by molar-refractivity contribution is 0.103. The van der Waals surface area contributed by atoms with E-state index < -0.39 is 0 Å². The van der Waals surface area contributed by atoms with Gasteiger partial charge in [0.05, 0.1) is 6.61 Å². The predicted molar refractivity (Wildman–Crippen MR) is 77.0 cm³/mol. The van der Waals surface area contributed by atoms with Gasteiger partial charge in [-0.1, -0.05) is 29.3 Å². The molecule has 2 nitrogen and oxygen atoms in total. The van der Waals surface area contributed by atoms with Crippen molar-refractivity contribution in [2.75, 3.05) is 6.61 Å². The van der Waals surface area contributed by atoms with Crippen LogP contribution in [0.1, 0.15) is 34.0 Å². The molecule has 0 atom stereocenters. The lowest BCUT2D eigenvalue weighted by Gasteiger charge is -2.07. The second-order valence-corrected chi connectivity index (χ2v) is 4.67. The number of aryl methyl sites for hydroxylation is 2. The summed E-state index contributed by atoms with van der Waals surface area (Å²) in [7, 11) is 0. The highest BCUT2D eigenvalue weighted by Gasteiger charge is 2.10. The normalized spacial score (nSPS) is 10.3. The molecule has 2 aromatic carbocycles. The molecule has 98 valence electrons. The first-order valence-electron chi connectivity index (χ1n) is 6.46. The fourth-order valence-electron chi connectivity index (χ4n) is 2.17. The molecular weight excluding hydrogens is 236 g/mol. The molecule has 19 heavy (non-hydrogen) atoms. The van der Waals surface area contributed by atoms with Crippen LogP contribution in [0.4, 0.5) is 0 Å². The molecule has 0 N–H and O–H groups in total. The molecule has 0 unspecified atom stereocenters. The molecule has 2 heteroatoms. The van der Waals surface area contributed by atoms with Crippen molar-refractivity contribution in [3.05, 3.63) is 64.7 Å². The van der Waals surface area contributed by atoms with Gasteiger partial charge in [-0.05, 0) is 45.0 Å². The van der Waals surface area contributed by atoms with Crippen molar-refractivity contribution in [3.63, 3.8) is 0 Å². The van der Waals surface area contributed by atoms with Gasteiger partial charge in [-0.15, -0.1) is 0 Å². The van der Waals surface area contributed by atoms with Gasteiger partial charge in [0, 0.05) is 11.1 Å². The summed E-state index contributed by atoms with van der Waals surface area (Å²) >= 11 is 0. The van der Waals surface area contributed by atoms with Crippen LogP contribution in [0.5, 0.6) is 5.75 Å². The van der Waals surface area contributed by atoms with Gasteiger partial charge in [0.15, 0.2) is 5.78 Å². The fourth-order valence-corrected chi connectivity index (χ4v) is 2.17. The van der Waals surface area contributed by atoms with Crippen LogP contribution in [-0.4, -0.2) is 12.4 Å². The van der Waals surface area contributed by atoms with Crippen LogP contribution in [0.3, 0.4) is 0 Å². The quantitative estimate of drug-likeness (QED) is 0.773. The van der Waals surface area contributed by atoms with Gasteiger partial charge in [0.25, 0.3) is 0 Å². The number of ketones is 1. The van der Waals surface area contributed by atoms with Gasteiger partial charge in [0.1, 0.15) is 5.75 Å². The van der Waals surface area contributed by atoms with E-state index in [0.717, 1.165) is 22.4 Å². The van der Waals surface area contributed by atoms with Crippen LogP contribution in [-0.2, 0) is 0 Å². The van der Waals surface area contributed by atoms with E-state index in [1.54, 1.807) is 6.07 Å². The van der Waals surface area contributed by atoms with Crippen molar-refractivity contribution in [1.82, 2.24) is 0 Å². The zero-order chi connectivity index (χ0) is 13.8. The minimum absolute atomic E-state index is 0.0355. The van der Waals surface area contributed by atoms with Gasteiger partial charge in [-0.25, -0.2) is 0 Å². The first-order chi connectivity index (χ1) is 9.10. The van der Waals surface area contributed by atoms with E-state index in [4.69, 9.17) is 4.74 Å². The van der Waals surface area contributed by atoms with Crippen molar-refractivity contribution >= 4 is 5.78 Å². The van der Waals surface area contributed by atoms with E-state index in [1.807, 2.05) is 51.1 Å². The third-order valence-electron chi connectivity index (χ3n) is 2.89. The van der Waals surface area contributed by atoms with Gasteiger partial charge in [-0.2, -0.15) is 0 Å². The molecule has 0 aliphatic heterocycles. The maximum atomic E-state index is 12.5. The second kappa shape index (κ2) is 5.70. The summed E-state index contributed by atoms with van der Waals surface area (Å²) in [5.41, 5.74) is 3.59. The largest absolute Gasteiger partial charge is 0.494 e. The first-order valence-corrected chi connectivity index (χ1v) is 6.46. The summed E-state index contributed by atoms with van der Waals surface area (Å²) in [6, 6.07) is 13.2. The minimum Gasteiger partial charge on any atom is -0.494 e. The van der Waals surface area contributed by atoms with E-state index in [0.29, 0.717) is 12.2 Å². The molecule has 0 aliphatic carbocycles. The first kappa shape index (κ1) is 13.3. The van der Waals surface area contributed by atoms with Gasteiger partial charge >= 0.3 is 0 Å². The van der Waals surface area contributed by atoms with E-state index >= 15 is 0 Å². The fraction of sp³-hybridized carbons (Fsp3) is 0.235. The molecule has 0 saturated heterocycles. The number of ether oxygens (including phenoxy) is 1. The van der Waals surface area contributed by atoms with E-state index in [1.165, 1.54) is 0 Å². The van der Waals surface area contributed by atoms with Gasteiger partial charge in [0.2, 0.25) is 0 Å². The summed E-state index contributed by atoms with van der Waals surface area (Å²) in [6.07, 6.45) is 0. The molecule has 0 heterocycles. The number of hydrogen-bond acceptors (Lipinski definition) is 2. The molecule has 0 aliphatic rings. The zero-order valence-electron chi connectivity index (χ0n) is 11.6. The Balaban J connectivity index is 2.35. The molecule has 0 saturated carbocycles. The van der Waals surface area contributed by atoms with Crippen molar-refractivity contribution in [2.24, 2.45) is 0 Å². The Hall–Kier alpha value is -2.09. The number of carbonyl (C=O) groups is 1. The molecule has 0 radical (unpaired) electrons. The van der Waals surface area contributed by atoms with Crippen LogP contribution >= 0.6 is 0 Å². The van der Waals surface area contributed by atoms with Crippen molar-refractivity contribution in [3.8, 4) is 5.75 Å². The van der Waals surface area contributed by atoms with Gasteiger partial charge in [-0.3, -0.25) is 4.79 Å². The van der Waals surface area contributed by atoms with Crippen molar-refractivity contribution in [1.29, 1.82) is 0 Å². The summed E-state index contributed by atoms with van der Waals surface area (Å²) in [5.74, 6) is 0.770. The third kappa shape index (κ3) is 3.22. The topological polar surface area (TPSA) is 26.3 Å². The van der Waals surface area contributed by atoms with Gasteiger partial charge < -0.3 is 4.74 Å². The van der Waals surface area contributed by atoms with E-state index in [2.05, 4.69) is 6.07 Å². The molecule has 2 aromatic rings. The van der Waals surface area contributed by atoms with Crippen LogP contribution in [0.15, 0.2) is 42.5 Å². The van der Waals surface area contributed by atoms with Crippen LogP contribution < -0.4 is 4.74 Å². The lowest BCUT2D eigenvalue weighted by Crippen LogP contribution is -2.03. The summed E-state index contributed by atoms with van der Waals surface area (Å²) in [5, 5.41) is 0. The molecule has 0 fully saturated rings. The minimum atomic E-state index is 0.0355.